The van der Waals surface area contributed by atoms with Crippen LogP contribution in [0.3, 0.4) is 0 Å². The highest BCUT2D eigenvalue weighted by Crippen LogP contribution is 2.10. The number of carbonyl (C=O) groups excluding carboxylic acids is 1. The molecule has 0 spiro atoms. The predicted molar refractivity (Wildman–Crippen MR) is 59.4 cm³/mol. The number of aromatic nitrogens is 1. The average Bonchev–Trinajstić information content (AvgIpc) is 2.27. The topological polar surface area (TPSA) is 68.0 Å². The number of nitrogens with two attached hydrogens (primary N) is 1. The molecule has 1 aromatic heterocycles. The Morgan fingerprint density at radius 1 is 1.56 bits per heavy atom. The van der Waals surface area contributed by atoms with Crippen LogP contribution in [0.5, 0.6) is 0 Å². The molecule has 0 aliphatic carbocycles. The third-order valence-electron chi connectivity index (χ3n) is 2.24. The van der Waals surface area contributed by atoms with Gasteiger partial charge in [-0.3, -0.25) is 4.79 Å². The first-order valence-electron chi connectivity index (χ1n) is 5.04. The number of nitrogens with one attached hydrogen (secondary N) is 1. The van der Waals surface area contributed by atoms with E-state index in [2.05, 4.69) is 10.3 Å². The lowest BCUT2D eigenvalue weighted by Gasteiger charge is -2.22. The van der Waals surface area contributed by atoms with Gasteiger partial charge in [-0.1, -0.05) is 13.8 Å². The quantitative estimate of drug-likeness (QED) is 0.801. The van der Waals surface area contributed by atoms with Crippen molar-refractivity contribution in [3.05, 3.63) is 29.8 Å². The van der Waals surface area contributed by atoms with Crippen LogP contribution in [0.15, 0.2) is 18.3 Å². The summed E-state index contributed by atoms with van der Waals surface area (Å²) in [4.78, 5) is 15.3. The van der Waals surface area contributed by atoms with Gasteiger partial charge in [0.15, 0.2) is 0 Å². The van der Waals surface area contributed by atoms with Gasteiger partial charge in [-0.05, 0) is 24.1 Å². The van der Waals surface area contributed by atoms with Crippen molar-refractivity contribution < 1.29 is 9.18 Å². The van der Waals surface area contributed by atoms with Crippen molar-refractivity contribution >= 4 is 5.91 Å². The van der Waals surface area contributed by atoms with Crippen LogP contribution >= 0.6 is 0 Å². The van der Waals surface area contributed by atoms with Crippen LogP contribution in [0.25, 0.3) is 0 Å². The molecule has 0 fully saturated rings. The number of amides is 1. The molecule has 0 unspecified atom stereocenters. The number of rotatable bonds is 4. The number of nitrogens with zero attached hydrogens (tertiary/aromatic N) is 1. The van der Waals surface area contributed by atoms with E-state index < -0.39 is 5.82 Å². The van der Waals surface area contributed by atoms with Crippen molar-refractivity contribution in [2.45, 2.75) is 13.8 Å². The summed E-state index contributed by atoms with van der Waals surface area (Å²) in [6, 6.07) is 2.55. The molecule has 5 heteroatoms. The maximum atomic E-state index is 12.6. The molecule has 0 aliphatic heterocycles. The van der Waals surface area contributed by atoms with Crippen molar-refractivity contribution in [1.82, 2.24) is 10.3 Å². The van der Waals surface area contributed by atoms with E-state index >= 15 is 0 Å². The van der Waals surface area contributed by atoms with Crippen LogP contribution in [-0.4, -0.2) is 24.0 Å². The van der Waals surface area contributed by atoms with Gasteiger partial charge in [-0.25, -0.2) is 9.37 Å². The van der Waals surface area contributed by atoms with E-state index in [1.165, 1.54) is 12.1 Å². The monoisotopic (exact) mass is 225 g/mol. The maximum Gasteiger partial charge on any atom is 0.269 e. The second-order valence-electron chi connectivity index (χ2n) is 4.41. The fraction of sp³-hybridized carbons (Fsp3) is 0.455. The molecule has 1 heterocycles. The summed E-state index contributed by atoms with van der Waals surface area (Å²) in [6.45, 7) is 4.84. The number of carbonyl (C=O) groups is 1. The summed E-state index contributed by atoms with van der Waals surface area (Å²) in [6.07, 6.45) is 1.02. The lowest BCUT2D eigenvalue weighted by Crippen LogP contribution is -2.38. The molecule has 0 bridgehead atoms. The van der Waals surface area contributed by atoms with Gasteiger partial charge in [-0.2, -0.15) is 0 Å². The van der Waals surface area contributed by atoms with Crippen LogP contribution in [-0.2, 0) is 0 Å². The molecule has 88 valence electrons. The van der Waals surface area contributed by atoms with Crippen molar-refractivity contribution in [3.8, 4) is 0 Å². The molecule has 0 atom stereocenters. The lowest BCUT2D eigenvalue weighted by atomic mass is 9.94. The summed E-state index contributed by atoms with van der Waals surface area (Å²) in [7, 11) is 0. The van der Waals surface area contributed by atoms with Crippen LogP contribution in [0.4, 0.5) is 4.39 Å². The molecule has 16 heavy (non-hydrogen) atoms. The minimum Gasteiger partial charge on any atom is -0.350 e. The lowest BCUT2D eigenvalue weighted by molar-refractivity contribution is 0.0933. The molecule has 3 N–H and O–H groups in total. The molecule has 4 nitrogen and oxygen atoms in total. The minimum absolute atomic E-state index is 0.157. The first-order valence-corrected chi connectivity index (χ1v) is 5.04. The molecule has 0 radical (unpaired) electrons. The number of hydrogen-bond donors (Lipinski definition) is 2. The molecule has 1 aromatic rings. The van der Waals surface area contributed by atoms with E-state index in [0.29, 0.717) is 13.1 Å². The Morgan fingerprint density at radius 2 is 2.25 bits per heavy atom. The Labute approximate surface area is 94.1 Å². The molecular weight excluding hydrogens is 209 g/mol. The maximum absolute atomic E-state index is 12.6. The highest BCUT2D eigenvalue weighted by molar-refractivity contribution is 5.92. The van der Waals surface area contributed by atoms with E-state index in [1.54, 1.807) is 0 Å². The van der Waals surface area contributed by atoms with E-state index in [4.69, 9.17) is 5.73 Å². The minimum atomic E-state index is -0.459. The Bertz CT molecular complexity index is 362. The normalized spacial score (nSPS) is 11.2. The Balaban J connectivity index is 2.56. The zero-order valence-electron chi connectivity index (χ0n) is 9.46. The Hall–Kier alpha value is -1.49. The third-order valence-corrected chi connectivity index (χ3v) is 2.24. The first kappa shape index (κ1) is 12.6. The van der Waals surface area contributed by atoms with Crippen LogP contribution in [0.2, 0.25) is 0 Å². The van der Waals surface area contributed by atoms with Gasteiger partial charge in [0, 0.05) is 6.54 Å². The molecule has 1 amide bonds. The van der Waals surface area contributed by atoms with Crippen molar-refractivity contribution in [2.24, 2.45) is 11.1 Å². The van der Waals surface area contributed by atoms with Crippen molar-refractivity contribution in [1.29, 1.82) is 0 Å². The predicted octanol–water partition coefficient (Wildman–Crippen LogP) is 0.935. The van der Waals surface area contributed by atoms with E-state index in [-0.39, 0.29) is 17.0 Å². The van der Waals surface area contributed by atoms with E-state index in [0.717, 1.165) is 6.20 Å². The SMILES string of the molecule is CC(C)(CN)CNC(=O)c1ccc(F)cn1. The largest absolute Gasteiger partial charge is 0.350 e. The molecule has 0 aromatic carbocycles. The fourth-order valence-corrected chi connectivity index (χ4v) is 0.992. The molecule has 0 saturated carbocycles. The molecule has 1 rings (SSSR count). The van der Waals surface area contributed by atoms with E-state index in [9.17, 15) is 9.18 Å². The van der Waals surface area contributed by atoms with Crippen molar-refractivity contribution in [2.75, 3.05) is 13.1 Å². The van der Waals surface area contributed by atoms with Crippen molar-refractivity contribution in [3.63, 3.8) is 0 Å². The standard InChI is InChI=1S/C11H16FN3O/c1-11(2,6-13)7-15-10(16)9-4-3-8(12)5-14-9/h3-5H,6-7,13H2,1-2H3,(H,15,16). The third kappa shape index (κ3) is 3.58. The van der Waals surface area contributed by atoms with Gasteiger partial charge in [0.05, 0.1) is 6.20 Å². The summed E-state index contributed by atoms with van der Waals surface area (Å²) < 4.78 is 12.6. The van der Waals surface area contributed by atoms with Gasteiger partial charge in [-0.15, -0.1) is 0 Å². The Morgan fingerprint density at radius 3 is 2.75 bits per heavy atom. The average molecular weight is 225 g/mol. The van der Waals surface area contributed by atoms with E-state index in [1.807, 2.05) is 13.8 Å². The second-order valence-corrected chi connectivity index (χ2v) is 4.41. The smallest absolute Gasteiger partial charge is 0.269 e. The fourth-order valence-electron chi connectivity index (χ4n) is 0.992. The van der Waals surface area contributed by atoms with Gasteiger partial charge in [0.2, 0.25) is 0 Å². The summed E-state index contributed by atoms with van der Waals surface area (Å²) in [5.74, 6) is -0.777. The van der Waals surface area contributed by atoms with Gasteiger partial charge in [0.1, 0.15) is 11.5 Å². The Kier molecular flexibility index (Phi) is 3.95. The van der Waals surface area contributed by atoms with Gasteiger partial charge >= 0.3 is 0 Å². The second kappa shape index (κ2) is 5.03. The summed E-state index contributed by atoms with van der Waals surface area (Å²) >= 11 is 0. The zero-order chi connectivity index (χ0) is 12.2. The highest BCUT2D eigenvalue weighted by Gasteiger charge is 2.17. The van der Waals surface area contributed by atoms with Gasteiger partial charge in [0.25, 0.3) is 5.91 Å². The molecular formula is C11H16FN3O. The van der Waals surface area contributed by atoms with Crippen LogP contribution < -0.4 is 11.1 Å². The van der Waals surface area contributed by atoms with Crippen LogP contribution in [0, 0.1) is 11.2 Å². The zero-order valence-corrected chi connectivity index (χ0v) is 9.46. The summed E-state index contributed by atoms with van der Waals surface area (Å²) in [5.41, 5.74) is 5.58. The summed E-state index contributed by atoms with van der Waals surface area (Å²) in [5, 5.41) is 2.71. The first-order chi connectivity index (χ1) is 7.44. The van der Waals surface area contributed by atoms with Gasteiger partial charge < -0.3 is 11.1 Å². The number of hydrogen-bond acceptors (Lipinski definition) is 3. The van der Waals surface area contributed by atoms with Crippen LogP contribution in [0.1, 0.15) is 24.3 Å². The molecule has 0 aliphatic rings. The number of pyridine rings is 1. The molecule has 0 saturated heterocycles. The highest BCUT2D eigenvalue weighted by atomic mass is 19.1. The number of halogens is 1.